The van der Waals surface area contributed by atoms with Crippen molar-refractivity contribution in [2.75, 3.05) is 50.4 Å². The number of carbonyl (C=O) groups excluding carboxylic acids is 1. The summed E-state index contributed by atoms with van der Waals surface area (Å²) in [4.78, 5) is 21.6. The maximum absolute atomic E-state index is 12.7. The first kappa shape index (κ1) is 16.6. The van der Waals surface area contributed by atoms with Gasteiger partial charge in [0.15, 0.2) is 11.6 Å². The predicted molar refractivity (Wildman–Crippen MR) is 100 cm³/mol. The molecule has 3 saturated heterocycles. The third-order valence-corrected chi connectivity index (χ3v) is 5.86. The molecule has 0 bridgehead atoms. The first-order valence-corrected chi connectivity index (χ1v) is 9.35. The van der Waals surface area contributed by atoms with E-state index < -0.39 is 0 Å². The molecule has 0 spiro atoms. The van der Waals surface area contributed by atoms with Crippen molar-refractivity contribution in [3.8, 4) is 11.5 Å². The Morgan fingerprint density at radius 2 is 1.93 bits per heavy atom. The van der Waals surface area contributed by atoms with E-state index >= 15 is 0 Å². The molecule has 2 amide bonds. The molecule has 0 saturated carbocycles. The number of anilines is 2. The molecule has 27 heavy (non-hydrogen) atoms. The number of pyridine rings is 1. The zero-order valence-electron chi connectivity index (χ0n) is 15.0. The quantitative estimate of drug-likeness (QED) is 0.855. The van der Waals surface area contributed by atoms with Gasteiger partial charge in [-0.1, -0.05) is 0 Å². The van der Waals surface area contributed by atoms with Crippen molar-refractivity contribution >= 4 is 17.5 Å². The Labute approximate surface area is 157 Å². The van der Waals surface area contributed by atoms with Gasteiger partial charge in [0.2, 0.25) is 0 Å². The Morgan fingerprint density at radius 3 is 2.56 bits per heavy atom. The van der Waals surface area contributed by atoms with Gasteiger partial charge < -0.3 is 19.8 Å². The lowest BCUT2D eigenvalue weighted by Gasteiger charge is -2.35. The number of ether oxygens (including phenoxy) is 1. The smallest absolute Gasteiger partial charge is 0.323 e. The van der Waals surface area contributed by atoms with Crippen molar-refractivity contribution < 1.29 is 13.9 Å². The van der Waals surface area contributed by atoms with Crippen molar-refractivity contribution in [2.24, 2.45) is 11.8 Å². The van der Waals surface area contributed by atoms with Crippen LogP contribution in [0.2, 0.25) is 0 Å². The summed E-state index contributed by atoms with van der Waals surface area (Å²) in [6.45, 7) is 5.35. The number of nitrogen functional groups attached to an aromatic ring is 1. The molecule has 0 aliphatic carbocycles. The SMILES string of the molecule is Nc1ccc(-c2ccco2)nc1NC(=O)N1CC2CN(C3COC3)CC2C1. The van der Waals surface area contributed by atoms with Gasteiger partial charge in [-0.25, -0.2) is 9.78 Å². The van der Waals surface area contributed by atoms with E-state index in [0.717, 1.165) is 39.4 Å². The van der Waals surface area contributed by atoms with Crippen molar-refractivity contribution in [1.29, 1.82) is 0 Å². The molecule has 3 fully saturated rings. The number of nitrogens with two attached hydrogens (primary N) is 1. The van der Waals surface area contributed by atoms with Crippen LogP contribution in [-0.4, -0.2) is 66.2 Å². The summed E-state index contributed by atoms with van der Waals surface area (Å²) in [6, 6.07) is 7.57. The Kier molecular flexibility index (Phi) is 4.02. The molecule has 0 aromatic carbocycles. The molecule has 3 aliphatic heterocycles. The number of nitrogens with zero attached hydrogens (tertiary/aromatic N) is 3. The summed E-state index contributed by atoms with van der Waals surface area (Å²) in [7, 11) is 0. The van der Waals surface area contributed by atoms with Gasteiger partial charge in [0, 0.05) is 26.2 Å². The molecule has 5 rings (SSSR count). The van der Waals surface area contributed by atoms with Crippen LogP contribution in [0.3, 0.4) is 0 Å². The minimum atomic E-state index is -0.140. The first-order valence-electron chi connectivity index (χ1n) is 9.35. The molecule has 2 atom stereocenters. The number of fused-ring (bicyclic) bond motifs is 1. The van der Waals surface area contributed by atoms with Gasteiger partial charge in [-0.2, -0.15) is 0 Å². The van der Waals surface area contributed by atoms with Gasteiger partial charge in [-0.15, -0.1) is 0 Å². The third kappa shape index (κ3) is 3.04. The zero-order chi connectivity index (χ0) is 18.4. The molecule has 142 valence electrons. The van der Waals surface area contributed by atoms with Crippen molar-refractivity contribution in [3.05, 3.63) is 30.5 Å². The molecule has 5 heterocycles. The number of urea groups is 1. The van der Waals surface area contributed by atoms with E-state index in [0.29, 0.717) is 40.8 Å². The predicted octanol–water partition coefficient (Wildman–Crippen LogP) is 1.72. The molecule has 8 heteroatoms. The molecule has 2 unspecified atom stereocenters. The molecular formula is C19H23N5O3. The highest BCUT2D eigenvalue weighted by Gasteiger charge is 2.44. The van der Waals surface area contributed by atoms with E-state index in [2.05, 4.69) is 15.2 Å². The van der Waals surface area contributed by atoms with Crippen LogP contribution in [0.5, 0.6) is 0 Å². The minimum absolute atomic E-state index is 0.140. The van der Waals surface area contributed by atoms with Gasteiger partial charge in [0.05, 0.1) is 31.2 Å². The largest absolute Gasteiger partial charge is 0.463 e. The van der Waals surface area contributed by atoms with E-state index in [9.17, 15) is 4.79 Å². The van der Waals surface area contributed by atoms with Crippen LogP contribution in [-0.2, 0) is 4.74 Å². The van der Waals surface area contributed by atoms with E-state index in [1.807, 2.05) is 11.0 Å². The van der Waals surface area contributed by atoms with Crippen molar-refractivity contribution in [2.45, 2.75) is 6.04 Å². The summed E-state index contributed by atoms with van der Waals surface area (Å²) in [6.07, 6.45) is 1.59. The van der Waals surface area contributed by atoms with Crippen LogP contribution in [0.25, 0.3) is 11.5 Å². The third-order valence-electron chi connectivity index (χ3n) is 5.86. The Hall–Kier alpha value is -2.58. The summed E-state index contributed by atoms with van der Waals surface area (Å²) < 4.78 is 10.7. The molecule has 8 nitrogen and oxygen atoms in total. The summed E-state index contributed by atoms with van der Waals surface area (Å²) >= 11 is 0. The van der Waals surface area contributed by atoms with E-state index in [4.69, 9.17) is 14.9 Å². The second-order valence-electron chi connectivity index (χ2n) is 7.61. The molecular weight excluding hydrogens is 346 g/mol. The number of likely N-dealkylation sites (tertiary alicyclic amines) is 2. The van der Waals surface area contributed by atoms with Crippen LogP contribution >= 0.6 is 0 Å². The maximum atomic E-state index is 12.7. The monoisotopic (exact) mass is 369 g/mol. The molecule has 2 aromatic rings. The molecule has 0 radical (unpaired) electrons. The van der Waals surface area contributed by atoms with Gasteiger partial charge in [0.1, 0.15) is 5.69 Å². The van der Waals surface area contributed by atoms with Crippen molar-refractivity contribution in [3.63, 3.8) is 0 Å². The number of rotatable bonds is 3. The fraction of sp³-hybridized carbons (Fsp3) is 0.474. The lowest BCUT2D eigenvalue weighted by Crippen LogP contribution is -2.49. The maximum Gasteiger partial charge on any atom is 0.323 e. The number of furan rings is 1. The Balaban J connectivity index is 1.23. The fourth-order valence-corrected chi connectivity index (χ4v) is 4.24. The molecule has 3 aliphatic rings. The lowest BCUT2D eigenvalue weighted by atomic mass is 10.0. The second kappa shape index (κ2) is 6.54. The van der Waals surface area contributed by atoms with E-state index in [1.165, 1.54) is 0 Å². The topological polar surface area (TPSA) is 96.9 Å². The summed E-state index contributed by atoms with van der Waals surface area (Å²) in [5.74, 6) is 2.09. The van der Waals surface area contributed by atoms with E-state index in [1.54, 1.807) is 24.5 Å². The van der Waals surface area contributed by atoms with Crippen LogP contribution in [0.1, 0.15) is 0 Å². The van der Waals surface area contributed by atoms with Gasteiger partial charge in [0.25, 0.3) is 0 Å². The zero-order valence-corrected chi connectivity index (χ0v) is 15.0. The minimum Gasteiger partial charge on any atom is -0.463 e. The highest BCUT2D eigenvalue weighted by atomic mass is 16.5. The number of carbonyl (C=O) groups is 1. The molecule has 2 aromatic heterocycles. The highest BCUT2D eigenvalue weighted by molar-refractivity contribution is 5.91. The average Bonchev–Trinajstić information content (AvgIpc) is 3.31. The van der Waals surface area contributed by atoms with Crippen LogP contribution in [0.15, 0.2) is 34.9 Å². The first-order chi connectivity index (χ1) is 13.2. The fourth-order valence-electron chi connectivity index (χ4n) is 4.24. The molecule has 3 N–H and O–H groups in total. The Morgan fingerprint density at radius 1 is 1.15 bits per heavy atom. The van der Waals surface area contributed by atoms with Gasteiger partial charge in [-0.05, 0) is 36.1 Å². The second-order valence-corrected chi connectivity index (χ2v) is 7.61. The summed E-state index contributed by atoms with van der Waals surface area (Å²) in [5.41, 5.74) is 7.09. The lowest BCUT2D eigenvalue weighted by molar-refractivity contribution is -0.0597. The van der Waals surface area contributed by atoms with Crippen molar-refractivity contribution in [1.82, 2.24) is 14.8 Å². The normalized spacial score (nSPS) is 25.4. The highest BCUT2D eigenvalue weighted by Crippen LogP contribution is 2.34. The van der Waals surface area contributed by atoms with Gasteiger partial charge >= 0.3 is 6.03 Å². The number of hydrogen-bond acceptors (Lipinski definition) is 6. The number of nitrogens with one attached hydrogen (secondary N) is 1. The Bertz CT molecular complexity index is 822. The van der Waals surface area contributed by atoms with Gasteiger partial charge in [-0.3, -0.25) is 10.2 Å². The van der Waals surface area contributed by atoms with Crippen LogP contribution < -0.4 is 11.1 Å². The summed E-state index contributed by atoms with van der Waals surface area (Å²) in [5, 5.41) is 2.88. The number of hydrogen-bond donors (Lipinski definition) is 2. The van der Waals surface area contributed by atoms with Crippen LogP contribution in [0.4, 0.5) is 16.3 Å². The number of amides is 2. The average molecular weight is 369 g/mol. The number of aromatic nitrogens is 1. The van der Waals surface area contributed by atoms with Crippen LogP contribution in [0, 0.1) is 11.8 Å². The standard InChI is InChI=1S/C19H23N5O3/c20-15-3-4-16(17-2-1-5-27-17)21-18(15)22-19(25)24-8-12-6-23(7-13(12)9-24)14-10-26-11-14/h1-5,12-14H,6-11,20H2,(H,21,22,25). The van der Waals surface area contributed by atoms with E-state index in [-0.39, 0.29) is 6.03 Å².